The van der Waals surface area contributed by atoms with Crippen LogP contribution in [0, 0.1) is 10.1 Å². The van der Waals surface area contributed by atoms with Crippen molar-refractivity contribution in [3.63, 3.8) is 0 Å². The van der Waals surface area contributed by atoms with Crippen LogP contribution < -0.4 is 10.1 Å². The van der Waals surface area contributed by atoms with E-state index in [0.717, 1.165) is 23.1 Å². The zero-order valence-corrected chi connectivity index (χ0v) is 15.8. The first-order valence-corrected chi connectivity index (χ1v) is 9.04. The van der Waals surface area contributed by atoms with Crippen molar-refractivity contribution < 1.29 is 18.9 Å². The minimum Gasteiger partial charge on any atom is -0.497 e. The topological polar surface area (TPSA) is 120 Å². The van der Waals surface area contributed by atoms with Gasteiger partial charge in [0.25, 0.3) is 10.9 Å². The maximum absolute atomic E-state index is 12.3. The number of amides is 1. The lowest BCUT2D eigenvalue weighted by atomic mass is 10.2. The Bertz CT molecular complexity index is 972. The highest BCUT2D eigenvalue weighted by Crippen LogP contribution is 2.27. The summed E-state index contributed by atoms with van der Waals surface area (Å²) in [6.45, 7) is 1.70. The average Bonchev–Trinajstić information content (AvgIpc) is 3.17. The van der Waals surface area contributed by atoms with Crippen LogP contribution in [0.15, 0.2) is 58.2 Å². The first-order valence-electron chi connectivity index (χ1n) is 8.16. The fourth-order valence-corrected chi connectivity index (χ4v) is 2.91. The lowest BCUT2D eigenvalue weighted by molar-refractivity contribution is -0.384. The molecule has 10 heteroatoms. The number of nitro benzene ring substituents is 1. The van der Waals surface area contributed by atoms with Crippen LogP contribution in [0.3, 0.4) is 0 Å². The Morgan fingerprint density at radius 1 is 1.18 bits per heavy atom. The van der Waals surface area contributed by atoms with E-state index >= 15 is 0 Å². The number of aromatic nitrogens is 2. The van der Waals surface area contributed by atoms with E-state index in [9.17, 15) is 14.9 Å². The number of thioether (sulfide) groups is 1. The number of ether oxygens (including phenoxy) is 1. The highest BCUT2D eigenvalue weighted by Gasteiger charge is 2.19. The van der Waals surface area contributed by atoms with Gasteiger partial charge in [-0.15, -0.1) is 10.2 Å². The minimum absolute atomic E-state index is 0.0441. The number of anilines is 1. The number of rotatable bonds is 7. The predicted octanol–water partition coefficient (Wildman–Crippen LogP) is 3.77. The van der Waals surface area contributed by atoms with E-state index < -0.39 is 10.2 Å². The number of non-ortho nitro benzene ring substituents is 1. The summed E-state index contributed by atoms with van der Waals surface area (Å²) in [4.78, 5) is 22.5. The van der Waals surface area contributed by atoms with E-state index in [0.29, 0.717) is 11.6 Å². The Morgan fingerprint density at radius 3 is 2.46 bits per heavy atom. The van der Waals surface area contributed by atoms with Gasteiger partial charge in [0.2, 0.25) is 11.8 Å². The molecule has 1 heterocycles. The SMILES string of the molecule is COc1ccc(-c2nnc(S[C@@H](C)C(=O)Nc3ccc([N+](=O)[O-])cc3)o2)cc1. The van der Waals surface area contributed by atoms with Gasteiger partial charge in [-0.3, -0.25) is 14.9 Å². The molecule has 3 aromatic rings. The predicted molar refractivity (Wildman–Crippen MR) is 103 cm³/mol. The highest BCUT2D eigenvalue weighted by atomic mass is 32.2. The molecule has 28 heavy (non-hydrogen) atoms. The molecule has 1 aromatic heterocycles. The second kappa shape index (κ2) is 8.53. The molecule has 0 radical (unpaired) electrons. The first-order chi connectivity index (χ1) is 13.5. The van der Waals surface area contributed by atoms with Crippen molar-refractivity contribution in [2.24, 2.45) is 0 Å². The van der Waals surface area contributed by atoms with Gasteiger partial charge in [-0.05, 0) is 43.3 Å². The molecule has 3 rings (SSSR count). The smallest absolute Gasteiger partial charge is 0.277 e. The lowest BCUT2D eigenvalue weighted by Crippen LogP contribution is -2.22. The van der Waals surface area contributed by atoms with Gasteiger partial charge >= 0.3 is 0 Å². The number of hydrogen-bond donors (Lipinski definition) is 1. The molecule has 0 bridgehead atoms. The van der Waals surface area contributed by atoms with E-state index in [1.54, 1.807) is 38.3 Å². The number of methoxy groups -OCH3 is 1. The van der Waals surface area contributed by atoms with Gasteiger partial charge in [-0.25, -0.2) is 0 Å². The van der Waals surface area contributed by atoms with Gasteiger partial charge in [0.1, 0.15) is 5.75 Å². The monoisotopic (exact) mass is 400 g/mol. The van der Waals surface area contributed by atoms with Crippen LogP contribution in [0.4, 0.5) is 11.4 Å². The van der Waals surface area contributed by atoms with Crippen molar-refractivity contribution in [3.05, 3.63) is 58.6 Å². The third-order valence-corrected chi connectivity index (χ3v) is 4.67. The third-order valence-electron chi connectivity index (χ3n) is 3.74. The van der Waals surface area contributed by atoms with Crippen LogP contribution in [0.1, 0.15) is 6.92 Å². The summed E-state index contributed by atoms with van der Waals surface area (Å²) in [6.07, 6.45) is 0. The number of nitrogens with one attached hydrogen (secondary N) is 1. The number of carbonyl (C=O) groups is 1. The van der Waals surface area contributed by atoms with Crippen LogP contribution in [0.2, 0.25) is 0 Å². The zero-order chi connectivity index (χ0) is 20.1. The molecule has 0 aliphatic carbocycles. The van der Waals surface area contributed by atoms with E-state index in [-0.39, 0.29) is 16.8 Å². The second-order valence-corrected chi connectivity index (χ2v) is 6.95. The van der Waals surface area contributed by atoms with Crippen LogP contribution in [-0.2, 0) is 4.79 Å². The Labute approximate surface area is 164 Å². The molecule has 1 atom stereocenters. The van der Waals surface area contributed by atoms with Crippen LogP contribution >= 0.6 is 11.8 Å². The van der Waals surface area contributed by atoms with Crippen LogP contribution in [0.5, 0.6) is 5.75 Å². The number of nitrogens with zero attached hydrogens (tertiary/aromatic N) is 3. The molecule has 1 amide bonds. The van der Waals surface area contributed by atoms with Gasteiger partial charge < -0.3 is 14.5 Å². The second-order valence-electron chi connectivity index (χ2n) is 5.65. The summed E-state index contributed by atoms with van der Waals surface area (Å²) in [7, 11) is 1.58. The van der Waals surface area contributed by atoms with Crippen molar-refractivity contribution in [2.75, 3.05) is 12.4 Å². The summed E-state index contributed by atoms with van der Waals surface area (Å²) in [5.41, 5.74) is 1.16. The van der Waals surface area contributed by atoms with Crippen molar-refractivity contribution >= 4 is 29.0 Å². The molecule has 0 unspecified atom stereocenters. The molecule has 2 aromatic carbocycles. The maximum atomic E-state index is 12.3. The van der Waals surface area contributed by atoms with Crippen molar-refractivity contribution in [1.29, 1.82) is 0 Å². The molecule has 144 valence electrons. The summed E-state index contributed by atoms with van der Waals surface area (Å²) in [5, 5.41) is 21.1. The Balaban J connectivity index is 1.60. The molecule has 1 N–H and O–H groups in total. The summed E-state index contributed by atoms with van der Waals surface area (Å²) < 4.78 is 10.7. The fraction of sp³-hybridized carbons (Fsp3) is 0.167. The fourth-order valence-electron chi connectivity index (χ4n) is 2.22. The first kappa shape index (κ1) is 19.4. The van der Waals surface area contributed by atoms with Gasteiger partial charge in [0.05, 0.1) is 17.3 Å². The number of nitro groups is 1. The molecule has 0 spiro atoms. The molecular formula is C18H16N4O5S. The molecule has 0 fully saturated rings. The highest BCUT2D eigenvalue weighted by molar-refractivity contribution is 8.00. The maximum Gasteiger partial charge on any atom is 0.277 e. The molecule has 0 aliphatic heterocycles. The van der Waals surface area contributed by atoms with E-state index in [1.165, 1.54) is 24.3 Å². The van der Waals surface area contributed by atoms with E-state index in [1.807, 2.05) is 0 Å². The van der Waals surface area contributed by atoms with Gasteiger partial charge in [-0.1, -0.05) is 11.8 Å². The Hall–Kier alpha value is -3.40. The molecule has 0 aliphatic rings. The van der Waals surface area contributed by atoms with Crippen molar-refractivity contribution in [3.8, 4) is 17.2 Å². The average molecular weight is 400 g/mol. The number of benzene rings is 2. The van der Waals surface area contributed by atoms with Crippen LogP contribution in [0.25, 0.3) is 11.5 Å². The summed E-state index contributed by atoms with van der Waals surface area (Å²) in [6, 6.07) is 12.8. The Kier molecular flexibility index (Phi) is 5.90. The minimum atomic E-state index is -0.514. The zero-order valence-electron chi connectivity index (χ0n) is 15.0. The van der Waals surface area contributed by atoms with Gasteiger partial charge in [0, 0.05) is 23.4 Å². The van der Waals surface area contributed by atoms with Crippen molar-refractivity contribution in [1.82, 2.24) is 10.2 Å². The molecular weight excluding hydrogens is 384 g/mol. The molecule has 9 nitrogen and oxygen atoms in total. The van der Waals surface area contributed by atoms with E-state index in [4.69, 9.17) is 9.15 Å². The third kappa shape index (κ3) is 4.65. The summed E-state index contributed by atoms with van der Waals surface area (Å²) in [5.74, 6) is 0.769. The lowest BCUT2D eigenvalue weighted by Gasteiger charge is -2.09. The van der Waals surface area contributed by atoms with Gasteiger partial charge in [0.15, 0.2) is 0 Å². The van der Waals surface area contributed by atoms with Crippen molar-refractivity contribution in [2.45, 2.75) is 17.4 Å². The summed E-state index contributed by atoms with van der Waals surface area (Å²) >= 11 is 1.12. The van der Waals surface area contributed by atoms with Gasteiger partial charge in [-0.2, -0.15) is 0 Å². The number of hydrogen-bond acceptors (Lipinski definition) is 8. The Morgan fingerprint density at radius 2 is 1.86 bits per heavy atom. The normalized spacial score (nSPS) is 11.6. The quantitative estimate of drug-likeness (QED) is 0.361. The van der Waals surface area contributed by atoms with E-state index in [2.05, 4.69) is 15.5 Å². The molecule has 0 saturated heterocycles. The standard InChI is InChI=1S/C18H16N4O5S/c1-11(16(23)19-13-5-7-14(8-6-13)22(24)25)28-18-21-20-17(27-18)12-3-9-15(26-2)10-4-12/h3-11H,1-2H3,(H,19,23)/t11-/m0/s1. The van der Waals surface area contributed by atoms with Crippen LogP contribution in [-0.4, -0.2) is 33.4 Å². The largest absolute Gasteiger partial charge is 0.497 e. The number of carbonyl (C=O) groups excluding carboxylic acids is 1. The molecule has 0 saturated carbocycles.